The molecule has 0 atom stereocenters. The fourth-order valence-electron chi connectivity index (χ4n) is 3.02. The van der Waals surface area contributed by atoms with Gasteiger partial charge in [-0.2, -0.15) is 0 Å². The molecule has 0 fully saturated rings. The summed E-state index contributed by atoms with van der Waals surface area (Å²) >= 11 is 1.82. The maximum absolute atomic E-state index is 2.39. The van der Waals surface area contributed by atoms with Gasteiger partial charge in [-0.15, -0.1) is 11.8 Å². The van der Waals surface area contributed by atoms with Gasteiger partial charge < -0.3 is 0 Å². The molecule has 0 aromatic heterocycles. The van der Waals surface area contributed by atoms with Crippen LogP contribution in [-0.4, -0.2) is 6.26 Å². The minimum atomic E-state index is 1.23. The van der Waals surface area contributed by atoms with Crippen molar-refractivity contribution in [3.8, 4) is 0 Å². The molecule has 0 aliphatic carbocycles. The number of thioether (sulfide) groups is 1. The minimum Gasteiger partial charge on any atom is -0.130 e. The van der Waals surface area contributed by atoms with E-state index in [9.17, 15) is 0 Å². The zero-order valence-corrected chi connectivity index (χ0v) is 15.1. The Morgan fingerprint density at radius 2 is 1.41 bits per heavy atom. The van der Waals surface area contributed by atoms with Crippen LogP contribution in [0.15, 0.2) is 41.3 Å². The molecule has 0 N–H and O–H groups in total. The van der Waals surface area contributed by atoms with Gasteiger partial charge in [-0.3, -0.25) is 0 Å². The predicted molar refractivity (Wildman–Crippen MR) is 102 cm³/mol. The first-order valence-corrected chi connectivity index (χ1v) is 10.1. The highest BCUT2D eigenvalue weighted by Gasteiger charge is 1.99. The van der Waals surface area contributed by atoms with Gasteiger partial charge in [0.05, 0.1) is 0 Å². The Labute approximate surface area is 140 Å². The fourth-order valence-corrected chi connectivity index (χ4v) is 3.47. The van der Waals surface area contributed by atoms with Gasteiger partial charge in [0.25, 0.3) is 0 Å². The first-order valence-electron chi connectivity index (χ1n) is 8.90. The molecule has 0 heterocycles. The maximum Gasteiger partial charge on any atom is 0.00755 e. The molecule has 0 amide bonds. The highest BCUT2D eigenvalue weighted by atomic mass is 32.2. The van der Waals surface area contributed by atoms with Gasteiger partial charge in [0.2, 0.25) is 0 Å². The average Bonchev–Trinajstić information content (AvgIpc) is 2.56. The summed E-state index contributed by atoms with van der Waals surface area (Å²) in [5, 5.41) is 2.75. The molecule has 120 valence electrons. The lowest BCUT2D eigenvalue weighted by atomic mass is 10.0. The van der Waals surface area contributed by atoms with Gasteiger partial charge in [-0.1, -0.05) is 76.1 Å². The van der Waals surface area contributed by atoms with E-state index in [1.807, 2.05) is 11.8 Å². The Balaban J connectivity index is 1.74. The molecule has 2 aromatic rings. The van der Waals surface area contributed by atoms with Crippen molar-refractivity contribution in [3.63, 3.8) is 0 Å². The van der Waals surface area contributed by atoms with E-state index < -0.39 is 0 Å². The van der Waals surface area contributed by atoms with Crippen molar-refractivity contribution >= 4 is 22.5 Å². The molecule has 0 saturated heterocycles. The van der Waals surface area contributed by atoms with Gasteiger partial charge in [0.1, 0.15) is 0 Å². The van der Waals surface area contributed by atoms with E-state index in [1.165, 1.54) is 79.0 Å². The third kappa shape index (κ3) is 5.68. The van der Waals surface area contributed by atoms with Gasteiger partial charge >= 0.3 is 0 Å². The molecule has 1 heteroatoms. The van der Waals surface area contributed by atoms with E-state index in [0.29, 0.717) is 0 Å². The lowest BCUT2D eigenvalue weighted by Crippen LogP contribution is -1.87. The second-order valence-electron chi connectivity index (χ2n) is 6.27. The second-order valence-corrected chi connectivity index (χ2v) is 7.15. The first-order chi connectivity index (χ1) is 10.8. The van der Waals surface area contributed by atoms with Gasteiger partial charge in [0.15, 0.2) is 0 Å². The van der Waals surface area contributed by atoms with Crippen LogP contribution in [0.1, 0.15) is 63.9 Å². The Hall–Kier alpha value is -0.950. The van der Waals surface area contributed by atoms with Crippen LogP contribution < -0.4 is 0 Å². The van der Waals surface area contributed by atoms with E-state index in [4.69, 9.17) is 0 Å². The zero-order valence-electron chi connectivity index (χ0n) is 14.2. The molecule has 0 radical (unpaired) electrons. The number of aryl methyl sites for hydroxylation is 1. The molecule has 2 aromatic carbocycles. The molecular formula is C21H30S. The predicted octanol–water partition coefficient (Wildman–Crippen LogP) is 7.24. The normalized spacial score (nSPS) is 11.2. The number of unbranched alkanes of at least 4 members (excludes halogenated alkanes) is 7. The third-order valence-corrected chi connectivity index (χ3v) is 5.16. The highest BCUT2D eigenvalue weighted by molar-refractivity contribution is 7.98. The highest BCUT2D eigenvalue weighted by Crippen LogP contribution is 2.23. The van der Waals surface area contributed by atoms with Crippen LogP contribution in [0.4, 0.5) is 0 Å². The monoisotopic (exact) mass is 314 g/mol. The Morgan fingerprint density at radius 3 is 2.14 bits per heavy atom. The van der Waals surface area contributed by atoms with Crippen LogP contribution in [0.3, 0.4) is 0 Å². The standard InChI is InChI=1S/C21H30S/c1-3-4-5-6-7-8-9-10-11-18-12-13-19-14-15-21(22-2)17-20(19)16-18/h12-17H,3-11H2,1-2H3. The van der Waals surface area contributed by atoms with E-state index in [2.05, 4.69) is 49.6 Å². The van der Waals surface area contributed by atoms with Gasteiger partial charge in [-0.25, -0.2) is 0 Å². The van der Waals surface area contributed by atoms with Crippen molar-refractivity contribution < 1.29 is 0 Å². The number of hydrogen-bond donors (Lipinski definition) is 0. The first kappa shape index (κ1) is 17.4. The summed E-state index contributed by atoms with van der Waals surface area (Å²) in [5.41, 5.74) is 1.50. The van der Waals surface area contributed by atoms with Crippen LogP contribution in [0.2, 0.25) is 0 Å². The molecule has 0 aliphatic rings. The molecule has 0 saturated carbocycles. The number of hydrogen-bond acceptors (Lipinski definition) is 1. The molecule has 2 rings (SSSR count). The van der Waals surface area contributed by atoms with Crippen LogP contribution in [-0.2, 0) is 6.42 Å². The van der Waals surface area contributed by atoms with E-state index in [0.717, 1.165) is 0 Å². The summed E-state index contributed by atoms with van der Waals surface area (Å²) in [7, 11) is 0. The van der Waals surface area contributed by atoms with Gasteiger partial charge in [0, 0.05) is 4.90 Å². The summed E-state index contributed by atoms with van der Waals surface area (Å²) in [6.07, 6.45) is 14.6. The summed E-state index contributed by atoms with van der Waals surface area (Å²) in [6, 6.07) is 13.7. The van der Waals surface area contributed by atoms with Crippen LogP contribution in [0.5, 0.6) is 0 Å². The molecule has 0 unspecified atom stereocenters. The molecule has 0 nitrogen and oxygen atoms in total. The van der Waals surface area contributed by atoms with E-state index >= 15 is 0 Å². The van der Waals surface area contributed by atoms with Crippen LogP contribution in [0, 0.1) is 0 Å². The number of rotatable bonds is 10. The Bertz CT molecular complexity index is 559. The Morgan fingerprint density at radius 1 is 0.727 bits per heavy atom. The van der Waals surface area contributed by atoms with Crippen molar-refractivity contribution in [2.45, 2.75) is 69.6 Å². The van der Waals surface area contributed by atoms with Crippen LogP contribution >= 0.6 is 11.8 Å². The van der Waals surface area contributed by atoms with Crippen molar-refractivity contribution in [2.24, 2.45) is 0 Å². The molecule has 0 bridgehead atoms. The zero-order chi connectivity index (χ0) is 15.6. The quantitative estimate of drug-likeness (QED) is 0.329. The lowest BCUT2D eigenvalue weighted by molar-refractivity contribution is 0.575. The topological polar surface area (TPSA) is 0 Å². The van der Waals surface area contributed by atoms with Crippen molar-refractivity contribution in [3.05, 3.63) is 42.0 Å². The minimum absolute atomic E-state index is 1.23. The molecular weight excluding hydrogens is 284 g/mol. The molecule has 22 heavy (non-hydrogen) atoms. The van der Waals surface area contributed by atoms with Crippen molar-refractivity contribution in [1.29, 1.82) is 0 Å². The number of benzene rings is 2. The molecule has 0 spiro atoms. The average molecular weight is 315 g/mol. The summed E-state index contributed by atoms with van der Waals surface area (Å²) in [6.45, 7) is 2.28. The summed E-state index contributed by atoms with van der Waals surface area (Å²) in [4.78, 5) is 1.36. The Kier molecular flexibility index (Phi) is 7.87. The smallest absolute Gasteiger partial charge is 0.00755 e. The van der Waals surface area contributed by atoms with Crippen molar-refractivity contribution in [2.75, 3.05) is 6.26 Å². The second kappa shape index (κ2) is 9.94. The summed E-state index contributed by atoms with van der Waals surface area (Å²) < 4.78 is 0. The third-order valence-electron chi connectivity index (χ3n) is 4.43. The molecule has 0 aliphatic heterocycles. The van der Waals surface area contributed by atoms with Crippen LogP contribution in [0.25, 0.3) is 10.8 Å². The maximum atomic E-state index is 2.39. The van der Waals surface area contributed by atoms with Gasteiger partial charge in [-0.05, 0) is 47.6 Å². The van der Waals surface area contributed by atoms with E-state index in [1.54, 1.807) is 0 Å². The fraction of sp³-hybridized carbons (Fsp3) is 0.524. The largest absolute Gasteiger partial charge is 0.130 e. The lowest BCUT2D eigenvalue weighted by Gasteiger charge is -2.06. The van der Waals surface area contributed by atoms with Crippen molar-refractivity contribution in [1.82, 2.24) is 0 Å². The number of fused-ring (bicyclic) bond motifs is 1. The summed E-state index contributed by atoms with van der Waals surface area (Å²) in [5.74, 6) is 0. The van der Waals surface area contributed by atoms with E-state index in [-0.39, 0.29) is 0 Å². The SMILES string of the molecule is CCCCCCCCCCc1ccc2ccc(SC)cc2c1.